The number of urea groups is 2. The molecule has 0 atom stereocenters. The van der Waals surface area contributed by atoms with E-state index in [4.69, 9.17) is 4.42 Å². The average Bonchev–Trinajstić information content (AvgIpc) is 3.34. The lowest BCUT2D eigenvalue weighted by atomic mass is 10.1. The Kier molecular flexibility index (Phi) is 5.14. The highest BCUT2D eigenvalue weighted by molar-refractivity contribution is 6.23. The van der Waals surface area contributed by atoms with Gasteiger partial charge in [0.25, 0.3) is 11.8 Å². The first-order chi connectivity index (χ1) is 14.8. The van der Waals surface area contributed by atoms with Crippen molar-refractivity contribution in [1.82, 2.24) is 15.1 Å². The molecule has 3 heterocycles. The molecule has 1 aromatic heterocycles. The molecule has 2 fully saturated rings. The quantitative estimate of drug-likeness (QED) is 0.731. The molecule has 0 saturated carbocycles. The number of furan rings is 1. The molecule has 0 spiro atoms. The van der Waals surface area contributed by atoms with Crippen LogP contribution < -0.4 is 15.5 Å². The Labute approximate surface area is 178 Å². The molecule has 0 unspecified atom stereocenters. The van der Waals surface area contributed by atoms with Crippen LogP contribution in [0.5, 0.6) is 0 Å². The topological polar surface area (TPSA) is 115 Å². The Bertz CT molecular complexity index is 1020. The number of hydrogen-bond acceptors (Lipinski definition) is 5. The normalized spacial score (nSPS) is 18.2. The first-order valence-electron chi connectivity index (χ1n) is 9.92. The maximum Gasteiger partial charge on any atom is 0.329 e. The summed E-state index contributed by atoms with van der Waals surface area (Å²) >= 11 is 0. The number of carbonyl (C=O) groups excluding carboxylic acids is 4. The summed E-state index contributed by atoms with van der Waals surface area (Å²) in [5.74, 6) is -0.286. The fraction of sp³-hybridized carbons (Fsp3) is 0.333. The lowest BCUT2D eigenvalue weighted by Gasteiger charge is -2.34. The number of nitrogens with one attached hydrogen (secondary N) is 2. The molecule has 6 amide bonds. The van der Waals surface area contributed by atoms with E-state index in [0.29, 0.717) is 37.6 Å². The second-order valence-corrected chi connectivity index (χ2v) is 7.93. The second-order valence-electron chi connectivity index (χ2n) is 7.93. The first-order valence-corrected chi connectivity index (χ1v) is 9.92. The van der Waals surface area contributed by atoms with Crippen molar-refractivity contribution in [2.24, 2.45) is 0 Å². The van der Waals surface area contributed by atoms with Crippen molar-refractivity contribution in [1.29, 1.82) is 0 Å². The molecular weight excluding hydrogens is 402 g/mol. The minimum Gasteiger partial charge on any atom is -0.459 e. The molecule has 2 aliphatic heterocycles. The minimum absolute atomic E-state index is 0.200. The molecule has 0 radical (unpaired) electrons. The summed E-state index contributed by atoms with van der Waals surface area (Å²) in [7, 11) is 0. The predicted octanol–water partition coefficient (Wildman–Crippen LogP) is 2.10. The van der Waals surface area contributed by atoms with Gasteiger partial charge in [-0.05, 0) is 44.2 Å². The van der Waals surface area contributed by atoms with Crippen molar-refractivity contribution in [3.8, 4) is 0 Å². The van der Waals surface area contributed by atoms with E-state index in [2.05, 4.69) is 10.6 Å². The minimum atomic E-state index is -0.983. The molecule has 4 rings (SSSR count). The van der Waals surface area contributed by atoms with E-state index >= 15 is 0 Å². The zero-order valence-corrected chi connectivity index (χ0v) is 17.3. The largest absolute Gasteiger partial charge is 0.459 e. The third-order valence-electron chi connectivity index (χ3n) is 5.30. The van der Waals surface area contributed by atoms with Gasteiger partial charge in [-0.15, -0.1) is 0 Å². The van der Waals surface area contributed by atoms with Gasteiger partial charge in [-0.2, -0.15) is 0 Å². The monoisotopic (exact) mass is 425 g/mol. The van der Waals surface area contributed by atoms with E-state index in [0.717, 1.165) is 4.90 Å². The molecular formula is C21H23N5O5. The van der Waals surface area contributed by atoms with Crippen molar-refractivity contribution >= 4 is 35.3 Å². The molecule has 0 bridgehead atoms. The molecule has 2 aliphatic rings. The van der Waals surface area contributed by atoms with Gasteiger partial charge in [0.1, 0.15) is 5.54 Å². The Morgan fingerprint density at radius 3 is 2.35 bits per heavy atom. The number of rotatable bonds is 3. The molecule has 1 aromatic carbocycles. The zero-order valence-electron chi connectivity index (χ0n) is 17.3. The average molecular weight is 425 g/mol. The highest BCUT2D eigenvalue weighted by Gasteiger charge is 2.45. The zero-order chi connectivity index (χ0) is 22.2. The van der Waals surface area contributed by atoms with E-state index in [-0.39, 0.29) is 23.6 Å². The van der Waals surface area contributed by atoms with Crippen molar-refractivity contribution in [3.63, 3.8) is 0 Å². The van der Waals surface area contributed by atoms with Crippen molar-refractivity contribution in [2.45, 2.75) is 19.4 Å². The summed E-state index contributed by atoms with van der Waals surface area (Å²) in [4.78, 5) is 54.0. The van der Waals surface area contributed by atoms with E-state index in [1.165, 1.54) is 6.26 Å². The van der Waals surface area contributed by atoms with Crippen LogP contribution in [0.1, 0.15) is 24.4 Å². The summed E-state index contributed by atoms with van der Waals surface area (Å²) in [6.07, 6.45) is 1.45. The third-order valence-corrected chi connectivity index (χ3v) is 5.30. The number of hydrogen-bond donors (Lipinski definition) is 2. The molecule has 10 heteroatoms. The summed E-state index contributed by atoms with van der Waals surface area (Å²) < 4.78 is 5.14. The van der Waals surface area contributed by atoms with Crippen LogP contribution in [0.4, 0.5) is 21.0 Å². The lowest BCUT2D eigenvalue weighted by molar-refractivity contribution is -0.121. The van der Waals surface area contributed by atoms with Crippen molar-refractivity contribution in [2.75, 3.05) is 36.4 Å². The maximum atomic E-state index is 12.7. The van der Waals surface area contributed by atoms with Gasteiger partial charge in [0, 0.05) is 31.9 Å². The van der Waals surface area contributed by atoms with Gasteiger partial charge < -0.3 is 24.9 Å². The van der Waals surface area contributed by atoms with E-state index in [1.54, 1.807) is 60.0 Å². The number of carbonyl (C=O) groups is 4. The SMILES string of the molecule is CC1(C)NC(=O)N(c2cccc(NC(=O)N3CCN(C(=O)c4ccco4)CC3)c2)C1=O. The van der Waals surface area contributed by atoms with E-state index in [9.17, 15) is 19.2 Å². The predicted molar refractivity (Wildman–Crippen MR) is 112 cm³/mol. The summed E-state index contributed by atoms with van der Waals surface area (Å²) in [6, 6.07) is 9.00. The highest BCUT2D eigenvalue weighted by atomic mass is 16.3. The van der Waals surface area contributed by atoms with Gasteiger partial charge in [0.2, 0.25) is 0 Å². The van der Waals surface area contributed by atoms with Gasteiger partial charge >= 0.3 is 12.1 Å². The van der Waals surface area contributed by atoms with Crippen LogP contribution in [-0.4, -0.2) is 65.4 Å². The van der Waals surface area contributed by atoms with Crippen molar-refractivity contribution < 1.29 is 23.6 Å². The first kappa shape index (κ1) is 20.5. The van der Waals surface area contributed by atoms with Crippen LogP contribution in [-0.2, 0) is 4.79 Å². The number of piperazine rings is 1. The molecule has 2 N–H and O–H groups in total. The Balaban J connectivity index is 1.38. The van der Waals surface area contributed by atoms with E-state index < -0.39 is 11.6 Å². The second kappa shape index (κ2) is 7.78. The van der Waals surface area contributed by atoms with Gasteiger partial charge in [-0.3, -0.25) is 9.59 Å². The maximum absolute atomic E-state index is 12.7. The van der Waals surface area contributed by atoms with Crippen LogP contribution in [0.25, 0.3) is 0 Å². The fourth-order valence-electron chi connectivity index (χ4n) is 3.58. The molecule has 10 nitrogen and oxygen atoms in total. The summed E-state index contributed by atoms with van der Waals surface area (Å²) in [5.41, 5.74) is -0.148. The third kappa shape index (κ3) is 3.96. The van der Waals surface area contributed by atoms with Crippen molar-refractivity contribution in [3.05, 3.63) is 48.4 Å². The molecule has 2 saturated heterocycles. The number of imide groups is 1. The number of benzene rings is 1. The molecule has 2 aromatic rings. The highest BCUT2D eigenvalue weighted by Crippen LogP contribution is 2.26. The molecule has 162 valence electrons. The van der Waals surface area contributed by atoms with Crippen LogP contribution in [0.3, 0.4) is 0 Å². The van der Waals surface area contributed by atoms with Crippen LogP contribution in [0.2, 0.25) is 0 Å². The van der Waals surface area contributed by atoms with Gasteiger partial charge in [0.05, 0.1) is 12.0 Å². The fourth-order valence-corrected chi connectivity index (χ4v) is 3.58. The van der Waals surface area contributed by atoms with Gasteiger partial charge in [-0.25, -0.2) is 14.5 Å². The summed E-state index contributed by atoms with van der Waals surface area (Å²) in [6.45, 7) is 4.80. The number of anilines is 2. The Morgan fingerprint density at radius 2 is 1.74 bits per heavy atom. The number of nitrogens with zero attached hydrogens (tertiary/aromatic N) is 3. The molecule has 0 aliphatic carbocycles. The Hall–Kier alpha value is -3.82. The lowest BCUT2D eigenvalue weighted by Crippen LogP contribution is -2.51. The Morgan fingerprint density at radius 1 is 1.03 bits per heavy atom. The van der Waals surface area contributed by atoms with Crippen LogP contribution >= 0.6 is 0 Å². The van der Waals surface area contributed by atoms with Crippen LogP contribution in [0, 0.1) is 0 Å². The molecule has 31 heavy (non-hydrogen) atoms. The van der Waals surface area contributed by atoms with Gasteiger partial charge in [0.15, 0.2) is 5.76 Å². The standard InChI is InChI=1S/C21H23N5O5/c1-21(2)18(28)26(20(30)23-21)15-6-3-5-14(13-15)22-19(29)25-10-8-24(9-11-25)17(27)16-7-4-12-31-16/h3-7,12-13H,8-11H2,1-2H3,(H,22,29)(H,23,30). The van der Waals surface area contributed by atoms with E-state index in [1.807, 2.05) is 0 Å². The van der Waals surface area contributed by atoms with Crippen LogP contribution in [0.15, 0.2) is 47.1 Å². The van der Waals surface area contributed by atoms with Gasteiger partial charge in [-0.1, -0.05) is 6.07 Å². The number of amides is 6. The smallest absolute Gasteiger partial charge is 0.329 e. The summed E-state index contributed by atoms with van der Waals surface area (Å²) in [5, 5.41) is 5.42.